The molecular weight excluding hydrogens is 344 g/mol. The van der Waals surface area contributed by atoms with Crippen LogP contribution in [0.15, 0.2) is 34.9 Å². The first kappa shape index (κ1) is 14.8. The molecule has 104 valence electrons. The van der Waals surface area contributed by atoms with Crippen LogP contribution in [0.5, 0.6) is 0 Å². The van der Waals surface area contributed by atoms with Gasteiger partial charge in [0.25, 0.3) is 5.91 Å². The van der Waals surface area contributed by atoms with Gasteiger partial charge in [-0.1, -0.05) is 33.6 Å². The van der Waals surface area contributed by atoms with E-state index in [9.17, 15) is 4.79 Å². The molecule has 1 aromatic carbocycles. The number of amides is 1. The number of rotatable bonds is 3. The summed E-state index contributed by atoms with van der Waals surface area (Å²) in [4.78, 5) is 16.1. The molecule has 1 heterocycles. The number of hydrazine groups is 1. The summed E-state index contributed by atoms with van der Waals surface area (Å²) in [7, 11) is 0. The van der Waals surface area contributed by atoms with Gasteiger partial charge in [-0.25, -0.2) is 10.8 Å². The van der Waals surface area contributed by atoms with Crippen molar-refractivity contribution < 1.29 is 4.79 Å². The maximum Gasteiger partial charge on any atom is 0.257 e. The Balaban J connectivity index is 2.24. The summed E-state index contributed by atoms with van der Waals surface area (Å²) >= 11 is 9.31. The molecule has 0 spiro atoms. The lowest BCUT2D eigenvalue weighted by Gasteiger charge is -2.09. The Bertz CT molecular complexity index is 663. The van der Waals surface area contributed by atoms with E-state index in [0.29, 0.717) is 11.4 Å². The Hall–Kier alpha value is -1.63. The molecule has 0 bridgehead atoms. The first-order valence-electron chi connectivity index (χ1n) is 5.71. The number of hydrogen-bond acceptors (Lipinski definition) is 4. The molecule has 1 amide bonds. The van der Waals surface area contributed by atoms with Gasteiger partial charge in [-0.2, -0.15) is 0 Å². The van der Waals surface area contributed by atoms with Crippen LogP contribution in [0.1, 0.15) is 15.9 Å². The molecule has 0 atom stereocenters. The van der Waals surface area contributed by atoms with Gasteiger partial charge in [0.15, 0.2) is 5.82 Å². The molecule has 0 aliphatic rings. The number of benzene rings is 1. The maximum atomic E-state index is 12.2. The normalized spacial score (nSPS) is 10.2. The van der Waals surface area contributed by atoms with Crippen molar-refractivity contribution in [1.29, 1.82) is 0 Å². The lowest BCUT2D eigenvalue weighted by atomic mass is 10.2. The van der Waals surface area contributed by atoms with Gasteiger partial charge in [0.1, 0.15) is 0 Å². The SMILES string of the molecule is Cc1ccc(Br)cc1NC(=O)c1cnc(NN)c(Cl)c1. The minimum Gasteiger partial charge on any atom is -0.322 e. The first-order chi connectivity index (χ1) is 9.51. The number of carbonyl (C=O) groups excluding carboxylic acids is 1. The third-order valence-electron chi connectivity index (χ3n) is 2.69. The van der Waals surface area contributed by atoms with Gasteiger partial charge in [-0.05, 0) is 30.7 Å². The van der Waals surface area contributed by atoms with Crippen LogP contribution in [0.4, 0.5) is 11.5 Å². The highest BCUT2D eigenvalue weighted by atomic mass is 79.9. The van der Waals surface area contributed by atoms with Gasteiger partial charge in [-0.3, -0.25) is 4.79 Å². The Kier molecular flexibility index (Phi) is 4.59. The number of nitrogens with two attached hydrogens (primary N) is 1. The zero-order valence-corrected chi connectivity index (χ0v) is 12.9. The number of anilines is 2. The van der Waals surface area contributed by atoms with Crippen LogP contribution in [0.25, 0.3) is 0 Å². The molecule has 0 fully saturated rings. The molecule has 0 unspecified atom stereocenters. The van der Waals surface area contributed by atoms with Gasteiger partial charge in [0.2, 0.25) is 0 Å². The second-order valence-electron chi connectivity index (χ2n) is 4.11. The van der Waals surface area contributed by atoms with E-state index in [1.54, 1.807) is 0 Å². The van der Waals surface area contributed by atoms with Crippen LogP contribution in [-0.4, -0.2) is 10.9 Å². The van der Waals surface area contributed by atoms with E-state index in [1.807, 2.05) is 25.1 Å². The number of carbonyl (C=O) groups is 1. The summed E-state index contributed by atoms with van der Waals surface area (Å²) in [6.45, 7) is 1.91. The number of halogens is 2. The Morgan fingerprint density at radius 1 is 1.40 bits per heavy atom. The number of nitrogens with zero attached hydrogens (tertiary/aromatic N) is 1. The van der Waals surface area contributed by atoms with Crippen molar-refractivity contribution in [2.24, 2.45) is 5.84 Å². The minimum atomic E-state index is -0.288. The van der Waals surface area contributed by atoms with Crippen molar-refractivity contribution >= 4 is 44.9 Å². The van der Waals surface area contributed by atoms with Crippen molar-refractivity contribution in [1.82, 2.24) is 4.98 Å². The molecule has 2 rings (SSSR count). The van der Waals surface area contributed by atoms with Crippen molar-refractivity contribution in [2.75, 3.05) is 10.7 Å². The molecule has 5 nitrogen and oxygen atoms in total. The molecule has 0 radical (unpaired) electrons. The predicted octanol–water partition coefficient (Wildman–Crippen LogP) is 3.34. The van der Waals surface area contributed by atoms with Crippen molar-refractivity contribution in [3.8, 4) is 0 Å². The fourth-order valence-electron chi connectivity index (χ4n) is 1.59. The van der Waals surface area contributed by atoms with Crippen LogP contribution in [0.3, 0.4) is 0 Å². The lowest BCUT2D eigenvalue weighted by Crippen LogP contribution is -2.14. The highest BCUT2D eigenvalue weighted by Gasteiger charge is 2.11. The molecule has 2 aromatic rings. The molecular formula is C13H12BrClN4O. The molecule has 0 saturated carbocycles. The summed E-state index contributed by atoms with van der Waals surface area (Å²) in [5, 5.41) is 3.10. The largest absolute Gasteiger partial charge is 0.322 e. The lowest BCUT2D eigenvalue weighted by molar-refractivity contribution is 0.102. The molecule has 0 saturated heterocycles. The molecule has 0 aliphatic carbocycles. The van der Waals surface area contributed by atoms with E-state index >= 15 is 0 Å². The maximum absolute atomic E-state index is 12.2. The van der Waals surface area contributed by atoms with Gasteiger partial charge in [-0.15, -0.1) is 0 Å². The summed E-state index contributed by atoms with van der Waals surface area (Å²) in [6, 6.07) is 7.15. The second kappa shape index (κ2) is 6.21. The van der Waals surface area contributed by atoms with Crippen LogP contribution < -0.4 is 16.6 Å². The van der Waals surface area contributed by atoms with E-state index in [1.165, 1.54) is 12.3 Å². The molecule has 7 heteroatoms. The van der Waals surface area contributed by atoms with Crippen LogP contribution in [-0.2, 0) is 0 Å². The Labute approximate surface area is 129 Å². The number of aryl methyl sites for hydroxylation is 1. The van der Waals surface area contributed by atoms with E-state index in [0.717, 1.165) is 15.7 Å². The Morgan fingerprint density at radius 2 is 2.15 bits per heavy atom. The summed E-state index contributed by atoms with van der Waals surface area (Å²) in [5.74, 6) is 5.27. The zero-order chi connectivity index (χ0) is 14.7. The Morgan fingerprint density at radius 3 is 2.80 bits per heavy atom. The van der Waals surface area contributed by atoms with E-state index in [2.05, 4.69) is 31.7 Å². The standard InChI is InChI=1S/C13H12BrClN4O/c1-7-2-3-9(14)5-11(7)18-13(20)8-4-10(15)12(19-16)17-6-8/h2-6H,16H2,1H3,(H,17,19)(H,18,20). The molecule has 20 heavy (non-hydrogen) atoms. The first-order valence-corrected chi connectivity index (χ1v) is 6.88. The fraction of sp³-hybridized carbons (Fsp3) is 0.0769. The summed E-state index contributed by atoms with van der Waals surface area (Å²) < 4.78 is 0.886. The monoisotopic (exact) mass is 354 g/mol. The third-order valence-corrected chi connectivity index (χ3v) is 3.47. The van der Waals surface area contributed by atoms with Crippen LogP contribution in [0, 0.1) is 6.92 Å². The number of aromatic nitrogens is 1. The van der Waals surface area contributed by atoms with Gasteiger partial charge < -0.3 is 10.7 Å². The minimum absolute atomic E-state index is 0.283. The number of nitrogens with one attached hydrogen (secondary N) is 2. The van der Waals surface area contributed by atoms with Gasteiger partial charge >= 0.3 is 0 Å². The number of hydrogen-bond donors (Lipinski definition) is 3. The highest BCUT2D eigenvalue weighted by molar-refractivity contribution is 9.10. The number of pyridine rings is 1. The third kappa shape index (κ3) is 3.27. The fourth-order valence-corrected chi connectivity index (χ4v) is 2.17. The zero-order valence-electron chi connectivity index (χ0n) is 10.6. The van der Waals surface area contributed by atoms with E-state index in [-0.39, 0.29) is 10.9 Å². The summed E-state index contributed by atoms with van der Waals surface area (Å²) in [5.41, 5.74) is 4.38. The quantitative estimate of drug-likeness (QED) is 0.583. The molecule has 4 N–H and O–H groups in total. The van der Waals surface area contributed by atoms with Crippen LogP contribution >= 0.6 is 27.5 Å². The second-order valence-corrected chi connectivity index (χ2v) is 5.44. The molecule has 0 aliphatic heterocycles. The van der Waals surface area contributed by atoms with Crippen molar-refractivity contribution in [2.45, 2.75) is 6.92 Å². The molecule has 1 aromatic heterocycles. The van der Waals surface area contributed by atoms with Gasteiger partial charge in [0.05, 0.1) is 10.6 Å². The summed E-state index contributed by atoms with van der Waals surface area (Å²) in [6.07, 6.45) is 1.41. The van der Waals surface area contributed by atoms with Gasteiger partial charge in [0, 0.05) is 16.4 Å². The van der Waals surface area contributed by atoms with Crippen LogP contribution in [0.2, 0.25) is 5.02 Å². The van der Waals surface area contributed by atoms with E-state index < -0.39 is 0 Å². The highest BCUT2D eigenvalue weighted by Crippen LogP contribution is 2.23. The smallest absolute Gasteiger partial charge is 0.257 e. The van der Waals surface area contributed by atoms with E-state index in [4.69, 9.17) is 17.4 Å². The van der Waals surface area contributed by atoms with Crippen molar-refractivity contribution in [3.05, 3.63) is 51.1 Å². The van der Waals surface area contributed by atoms with Crippen molar-refractivity contribution in [3.63, 3.8) is 0 Å². The number of nitrogen functional groups attached to an aromatic ring is 1. The average molecular weight is 356 g/mol. The average Bonchev–Trinajstić information content (AvgIpc) is 2.42. The topological polar surface area (TPSA) is 80.0 Å². The predicted molar refractivity (Wildman–Crippen MR) is 83.9 cm³/mol.